The van der Waals surface area contributed by atoms with Gasteiger partial charge in [0.25, 0.3) is 0 Å². The maximum Gasteiger partial charge on any atom is 0.413 e. The van der Waals surface area contributed by atoms with Crippen molar-refractivity contribution in [2.75, 3.05) is 35.1 Å². The second kappa shape index (κ2) is 14.6. The number of alkyl halides is 2. The molecule has 0 radical (unpaired) electrons. The topological polar surface area (TPSA) is 203 Å². The van der Waals surface area contributed by atoms with Gasteiger partial charge < -0.3 is 40.7 Å². The van der Waals surface area contributed by atoms with E-state index in [9.17, 15) is 44.4 Å². The summed E-state index contributed by atoms with van der Waals surface area (Å²) >= 11 is 11.6. The van der Waals surface area contributed by atoms with Gasteiger partial charge in [-0.25, -0.2) is 24.0 Å². The van der Waals surface area contributed by atoms with Crippen LogP contribution in [0, 0.1) is 0 Å². The molecule has 0 aliphatic heterocycles. The van der Waals surface area contributed by atoms with Crippen molar-refractivity contribution in [2.24, 2.45) is 0 Å². The molecular formula is C24H25Cl2N3O10. The van der Waals surface area contributed by atoms with Crippen molar-refractivity contribution in [1.29, 1.82) is 0 Å². The monoisotopic (exact) mass is 585 g/mol. The number of benzene rings is 2. The largest absolute Gasteiger partial charge is 0.480 e. The van der Waals surface area contributed by atoms with Gasteiger partial charge in [0.2, 0.25) is 0 Å². The molecule has 2 aromatic rings. The Morgan fingerprint density at radius 2 is 1.31 bits per heavy atom. The molecule has 0 aromatic heterocycles. The minimum Gasteiger partial charge on any atom is -0.480 e. The Hall–Kier alpha value is -4.23. The molecule has 0 spiro atoms. The molecule has 13 nitrogen and oxygen atoms in total. The van der Waals surface area contributed by atoms with E-state index in [-0.39, 0.29) is 11.4 Å². The molecule has 39 heavy (non-hydrogen) atoms. The van der Waals surface area contributed by atoms with E-state index in [1.165, 1.54) is 12.1 Å². The molecule has 0 saturated heterocycles. The fourth-order valence-electron chi connectivity index (χ4n) is 3.42. The molecule has 1 unspecified atom stereocenters. The van der Waals surface area contributed by atoms with Crippen LogP contribution in [0.1, 0.15) is 27.1 Å². The summed E-state index contributed by atoms with van der Waals surface area (Å²) in [5.41, 5.74) is -0.292. The van der Waals surface area contributed by atoms with Crippen molar-refractivity contribution in [2.45, 2.75) is 18.5 Å². The Labute approximate surface area is 231 Å². The average molecular weight is 586 g/mol. The van der Waals surface area contributed by atoms with Crippen LogP contribution in [-0.4, -0.2) is 87.3 Å². The number of rotatable bonds is 15. The molecule has 6 N–H and O–H groups in total. The van der Waals surface area contributed by atoms with Crippen LogP contribution >= 0.6 is 23.2 Å². The van der Waals surface area contributed by atoms with Gasteiger partial charge in [-0.2, -0.15) is 0 Å². The first-order chi connectivity index (χ1) is 18.4. The summed E-state index contributed by atoms with van der Waals surface area (Å²) in [6.45, 7) is 1.07. The zero-order chi connectivity index (χ0) is 29.1. The normalized spacial score (nSPS) is 12.1. The number of hydrogen-bond acceptors (Lipinski definition) is 8. The van der Waals surface area contributed by atoms with Crippen molar-refractivity contribution < 1.29 is 49.1 Å². The molecule has 0 aliphatic carbocycles. The molecule has 0 heterocycles. The van der Waals surface area contributed by atoms with Crippen LogP contribution in [0.15, 0.2) is 42.5 Å². The highest BCUT2D eigenvalue weighted by Gasteiger charge is 2.29. The van der Waals surface area contributed by atoms with Crippen molar-refractivity contribution >= 4 is 64.5 Å². The number of nitrogens with one attached hydrogen (secondary N) is 2. The third kappa shape index (κ3) is 9.54. The van der Waals surface area contributed by atoms with E-state index in [0.717, 1.165) is 23.9 Å². The fourth-order valence-corrected chi connectivity index (χ4v) is 3.82. The zero-order valence-electron chi connectivity index (χ0n) is 20.2. The molecule has 0 saturated carbocycles. The number of amides is 1. The van der Waals surface area contributed by atoms with Gasteiger partial charge in [-0.3, -0.25) is 0 Å². The molecule has 2 aromatic carbocycles. The van der Waals surface area contributed by atoms with E-state index in [2.05, 4.69) is 10.6 Å². The SMILES string of the molecule is O=C(N[C@@H](CC(Nc1cc(C(=O)O)cc(C(=O)O)c1)C(=O)O)C(=O)O)Oc1ccc(N(CCCl)CCCl)cc1. The van der Waals surface area contributed by atoms with Crippen molar-refractivity contribution in [3.8, 4) is 5.75 Å². The Bertz CT molecular complexity index is 1170. The van der Waals surface area contributed by atoms with Crippen LogP contribution in [0.4, 0.5) is 16.2 Å². The Morgan fingerprint density at radius 1 is 0.795 bits per heavy atom. The minimum atomic E-state index is -1.74. The van der Waals surface area contributed by atoms with E-state index in [0.29, 0.717) is 24.8 Å². The number of aliphatic carboxylic acids is 2. The number of carbonyl (C=O) groups excluding carboxylic acids is 1. The molecule has 0 fully saturated rings. The first kappa shape index (κ1) is 31.0. The maximum absolute atomic E-state index is 12.4. The number of anilines is 2. The van der Waals surface area contributed by atoms with Crippen molar-refractivity contribution in [3.05, 3.63) is 53.6 Å². The van der Waals surface area contributed by atoms with Gasteiger partial charge in [0, 0.05) is 42.6 Å². The highest BCUT2D eigenvalue weighted by Crippen LogP contribution is 2.21. The van der Waals surface area contributed by atoms with Crippen molar-refractivity contribution in [1.82, 2.24) is 5.32 Å². The lowest BCUT2D eigenvalue weighted by molar-refractivity contribution is -0.141. The van der Waals surface area contributed by atoms with Gasteiger partial charge in [0.1, 0.15) is 17.8 Å². The molecule has 0 bridgehead atoms. The summed E-state index contributed by atoms with van der Waals surface area (Å²) in [6, 6.07) is 5.70. The highest BCUT2D eigenvalue weighted by molar-refractivity contribution is 6.18. The van der Waals surface area contributed by atoms with Crippen LogP contribution in [0.2, 0.25) is 0 Å². The van der Waals surface area contributed by atoms with Gasteiger partial charge in [-0.1, -0.05) is 0 Å². The number of carboxylic acid groups (broad SMARTS) is 4. The van der Waals surface area contributed by atoms with Crippen LogP contribution in [0.3, 0.4) is 0 Å². The average Bonchev–Trinajstić information content (AvgIpc) is 2.87. The minimum absolute atomic E-state index is 0.0803. The number of carbonyl (C=O) groups is 5. The van der Waals surface area contributed by atoms with E-state index >= 15 is 0 Å². The third-order valence-electron chi connectivity index (χ3n) is 5.25. The summed E-state index contributed by atoms with van der Waals surface area (Å²) in [5, 5.41) is 42.0. The lowest BCUT2D eigenvalue weighted by Gasteiger charge is -2.23. The molecule has 2 rings (SSSR count). The van der Waals surface area contributed by atoms with Crippen LogP contribution in [-0.2, 0) is 9.59 Å². The second-order valence-electron chi connectivity index (χ2n) is 7.96. The van der Waals surface area contributed by atoms with Crippen molar-refractivity contribution in [3.63, 3.8) is 0 Å². The van der Waals surface area contributed by atoms with E-state index in [1.807, 2.05) is 4.90 Å². The van der Waals surface area contributed by atoms with E-state index in [4.69, 9.17) is 27.9 Å². The number of ether oxygens (including phenoxy) is 1. The lowest BCUT2D eigenvalue weighted by Crippen LogP contribution is -2.47. The number of aromatic carboxylic acids is 2. The Kier molecular flexibility index (Phi) is 11.6. The van der Waals surface area contributed by atoms with Gasteiger partial charge in [-0.15, -0.1) is 23.2 Å². The predicted molar refractivity (Wildman–Crippen MR) is 141 cm³/mol. The van der Waals surface area contributed by atoms with Gasteiger partial charge in [-0.05, 0) is 42.5 Å². The standard InChI is InChI=1S/C24H25Cl2N3O10/c25-5-7-29(8-6-26)16-1-3-17(4-2-16)39-24(38)28-19(23(36)37)12-18(22(34)35)27-15-10-13(20(30)31)9-14(11-15)21(32)33/h1-4,9-11,18-19,27H,5-8,12H2,(H,28,38)(H,30,31)(H,32,33)(H,34,35)(H,36,37)/t18?,19-/m0/s1. The molecular weight excluding hydrogens is 561 g/mol. The summed E-state index contributed by atoms with van der Waals surface area (Å²) < 4.78 is 5.11. The Morgan fingerprint density at radius 3 is 1.74 bits per heavy atom. The lowest BCUT2D eigenvalue weighted by atomic mass is 10.0. The number of halogens is 2. The maximum atomic E-state index is 12.4. The van der Waals surface area contributed by atoms with Gasteiger partial charge >= 0.3 is 30.0 Å². The number of carboxylic acids is 4. The number of hydrogen-bond donors (Lipinski definition) is 6. The molecule has 1 amide bonds. The molecule has 210 valence electrons. The molecule has 2 atom stereocenters. The second-order valence-corrected chi connectivity index (χ2v) is 8.72. The molecule has 15 heteroatoms. The summed E-state index contributed by atoms with van der Waals surface area (Å²) in [7, 11) is 0. The molecule has 0 aliphatic rings. The van der Waals surface area contributed by atoms with Crippen LogP contribution in [0.25, 0.3) is 0 Å². The quantitative estimate of drug-likeness (QED) is 0.167. The predicted octanol–water partition coefficient (Wildman–Crippen LogP) is 2.86. The van der Waals surface area contributed by atoms with E-state index < -0.39 is 59.6 Å². The van der Waals surface area contributed by atoms with E-state index in [1.54, 1.807) is 12.1 Å². The first-order valence-electron chi connectivity index (χ1n) is 11.2. The zero-order valence-corrected chi connectivity index (χ0v) is 21.7. The van der Waals surface area contributed by atoms with Crippen LogP contribution < -0.4 is 20.3 Å². The summed E-state index contributed by atoms with van der Waals surface area (Å²) in [4.78, 5) is 60.4. The summed E-state index contributed by atoms with van der Waals surface area (Å²) in [6.07, 6.45) is -1.87. The van der Waals surface area contributed by atoms with Gasteiger partial charge in [0.05, 0.1) is 11.1 Å². The number of nitrogens with zero attached hydrogens (tertiary/aromatic N) is 1. The van der Waals surface area contributed by atoms with Crippen LogP contribution in [0.5, 0.6) is 5.75 Å². The summed E-state index contributed by atoms with van der Waals surface area (Å²) in [5.74, 6) is -5.21. The highest BCUT2D eigenvalue weighted by atomic mass is 35.5. The fraction of sp³-hybridized carbons (Fsp3) is 0.292. The first-order valence-corrected chi connectivity index (χ1v) is 12.3. The Balaban J connectivity index is 2.13. The third-order valence-corrected chi connectivity index (χ3v) is 5.59. The van der Waals surface area contributed by atoms with Gasteiger partial charge in [0.15, 0.2) is 0 Å². The smallest absolute Gasteiger partial charge is 0.413 e.